The van der Waals surface area contributed by atoms with Crippen LogP contribution < -0.4 is 4.72 Å². The van der Waals surface area contributed by atoms with Crippen LogP contribution >= 0.6 is 11.6 Å². The summed E-state index contributed by atoms with van der Waals surface area (Å²) in [5.74, 6) is -1.24. The van der Waals surface area contributed by atoms with E-state index in [9.17, 15) is 13.2 Å². The van der Waals surface area contributed by atoms with E-state index in [0.29, 0.717) is 13.0 Å². The molecule has 118 valence electrons. The van der Waals surface area contributed by atoms with Crippen LogP contribution in [0.1, 0.15) is 16.8 Å². The Morgan fingerprint density at radius 1 is 1.36 bits per heavy atom. The maximum absolute atomic E-state index is 12.1. The molecule has 9 heteroatoms. The molecule has 0 aliphatic heterocycles. The fourth-order valence-electron chi connectivity index (χ4n) is 1.80. The summed E-state index contributed by atoms with van der Waals surface area (Å²) in [6.07, 6.45) is 3.97. The highest BCUT2D eigenvalue weighted by atomic mass is 35.5. The Bertz CT molecular complexity index is 760. The number of sulfonamides is 1. The van der Waals surface area contributed by atoms with Crippen molar-refractivity contribution in [3.05, 3.63) is 47.2 Å². The normalized spacial score (nSPS) is 11.5. The van der Waals surface area contributed by atoms with E-state index in [4.69, 9.17) is 16.7 Å². The minimum atomic E-state index is -3.81. The van der Waals surface area contributed by atoms with Crippen molar-refractivity contribution in [3.8, 4) is 0 Å². The molecule has 2 aromatic rings. The maximum atomic E-state index is 12.1. The average Bonchev–Trinajstić information content (AvgIpc) is 2.96. The zero-order valence-electron chi connectivity index (χ0n) is 11.4. The number of halogens is 1. The molecule has 0 bridgehead atoms. The number of aryl methyl sites for hydroxylation is 1. The lowest BCUT2D eigenvalue weighted by Gasteiger charge is -2.08. The Balaban J connectivity index is 2.02. The van der Waals surface area contributed by atoms with Gasteiger partial charge in [-0.25, -0.2) is 17.9 Å². The summed E-state index contributed by atoms with van der Waals surface area (Å²) in [5.41, 5.74) is -0.176. The molecule has 1 heterocycles. The number of benzene rings is 1. The number of aromatic carboxylic acids is 1. The van der Waals surface area contributed by atoms with Gasteiger partial charge in [0.1, 0.15) is 0 Å². The third kappa shape index (κ3) is 4.30. The molecule has 0 radical (unpaired) electrons. The van der Waals surface area contributed by atoms with Gasteiger partial charge in [0.25, 0.3) is 0 Å². The number of aromatic nitrogens is 2. The van der Waals surface area contributed by atoms with E-state index < -0.39 is 16.0 Å². The van der Waals surface area contributed by atoms with Crippen LogP contribution in [-0.2, 0) is 16.6 Å². The first-order chi connectivity index (χ1) is 10.4. The second kappa shape index (κ2) is 6.91. The van der Waals surface area contributed by atoms with Crippen molar-refractivity contribution in [2.75, 3.05) is 6.54 Å². The molecule has 0 saturated carbocycles. The Labute approximate surface area is 132 Å². The molecule has 0 unspecified atom stereocenters. The van der Waals surface area contributed by atoms with E-state index in [2.05, 4.69) is 9.82 Å². The van der Waals surface area contributed by atoms with Crippen LogP contribution in [-0.4, -0.2) is 35.8 Å². The van der Waals surface area contributed by atoms with Crippen molar-refractivity contribution >= 4 is 27.6 Å². The summed E-state index contributed by atoms with van der Waals surface area (Å²) in [6, 6.07) is 5.26. The minimum absolute atomic E-state index is 0.0526. The predicted octanol–water partition coefficient (Wildman–Crippen LogP) is 1.60. The van der Waals surface area contributed by atoms with Crippen LogP contribution in [0.4, 0.5) is 0 Å². The topological polar surface area (TPSA) is 101 Å². The first-order valence-electron chi connectivity index (χ1n) is 6.39. The summed E-state index contributed by atoms with van der Waals surface area (Å²) < 4.78 is 28.4. The Morgan fingerprint density at radius 2 is 2.14 bits per heavy atom. The number of hydrogen-bond acceptors (Lipinski definition) is 4. The third-order valence-corrected chi connectivity index (χ3v) is 4.50. The van der Waals surface area contributed by atoms with E-state index in [1.54, 1.807) is 23.1 Å². The van der Waals surface area contributed by atoms with E-state index in [0.717, 1.165) is 6.07 Å². The van der Waals surface area contributed by atoms with Crippen molar-refractivity contribution in [2.45, 2.75) is 17.9 Å². The van der Waals surface area contributed by atoms with Gasteiger partial charge in [0.05, 0.1) is 10.5 Å². The van der Waals surface area contributed by atoms with E-state index in [1.165, 1.54) is 12.1 Å². The highest BCUT2D eigenvalue weighted by Gasteiger charge is 2.17. The predicted molar refractivity (Wildman–Crippen MR) is 80.4 cm³/mol. The molecule has 2 N–H and O–H groups in total. The molecule has 0 atom stereocenters. The molecule has 1 aromatic heterocycles. The molecule has 2 rings (SSSR count). The lowest BCUT2D eigenvalue weighted by molar-refractivity contribution is 0.0696. The lowest BCUT2D eigenvalue weighted by atomic mass is 10.2. The number of carboxylic acid groups (broad SMARTS) is 1. The molecule has 0 amide bonds. The van der Waals surface area contributed by atoms with Crippen molar-refractivity contribution < 1.29 is 18.3 Å². The molecule has 0 aliphatic rings. The number of hydrogen-bond donors (Lipinski definition) is 2. The molecule has 0 aliphatic carbocycles. The zero-order chi connectivity index (χ0) is 16.2. The molecular weight excluding hydrogens is 330 g/mol. The Morgan fingerprint density at radius 3 is 2.77 bits per heavy atom. The van der Waals surface area contributed by atoms with Gasteiger partial charge in [-0.15, -0.1) is 0 Å². The van der Waals surface area contributed by atoms with E-state index in [1.807, 2.05) is 0 Å². The number of rotatable bonds is 7. The average molecular weight is 344 g/mol. The quantitative estimate of drug-likeness (QED) is 0.743. The Hall–Kier alpha value is -1.90. The SMILES string of the molecule is O=C(O)c1cc(Cl)cc(S(=O)(=O)NCCCn2cccn2)c1. The maximum Gasteiger partial charge on any atom is 0.335 e. The molecule has 0 fully saturated rings. The number of carbonyl (C=O) groups is 1. The van der Waals surface area contributed by atoms with Gasteiger partial charge in [-0.1, -0.05) is 11.6 Å². The molecular formula is C13H14ClN3O4S. The van der Waals surface area contributed by atoms with Gasteiger partial charge in [0.2, 0.25) is 10.0 Å². The van der Waals surface area contributed by atoms with Gasteiger partial charge in [-0.2, -0.15) is 5.10 Å². The van der Waals surface area contributed by atoms with E-state index in [-0.39, 0.29) is 22.0 Å². The summed E-state index contributed by atoms with van der Waals surface area (Å²) in [5, 5.41) is 13.0. The van der Waals surface area contributed by atoms with Crippen LogP contribution in [0.2, 0.25) is 5.02 Å². The number of carboxylic acids is 1. The van der Waals surface area contributed by atoms with Gasteiger partial charge in [-0.05, 0) is 30.7 Å². The van der Waals surface area contributed by atoms with E-state index >= 15 is 0 Å². The van der Waals surface area contributed by atoms with Crippen LogP contribution in [0.15, 0.2) is 41.6 Å². The molecule has 0 saturated heterocycles. The minimum Gasteiger partial charge on any atom is -0.478 e. The largest absolute Gasteiger partial charge is 0.478 e. The smallest absolute Gasteiger partial charge is 0.335 e. The summed E-state index contributed by atoms with van der Waals surface area (Å²) in [7, 11) is -3.81. The first-order valence-corrected chi connectivity index (χ1v) is 8.25. The van der Waals surface area contributed by atoms with Gasteiger partial charge in [0, 0.05) is 30.5 Å². The summed E-state index contributed by atoms with van der Waals surface area (Å²) in [6.45, 7) is 0.780. The van der Waals surface area contributed by atoms with Crippen LogP contribution in [0.25, 0.3) is 0 Å². The van der Waals surface area contributed by atoms with Gasteiger partial charge < -0.3 is 5.11 Å². The summed E-state index contributed by atoms with van der Waals surface area (Å²) in [4.78, 5) is 10.8. The van der Waals surface area contributed by atoms with Crippen LogP contribution in [0.3, 0.4) is 0 Å². The highest BCUT2D eigenvalue weighted by molar-refractivity contribution is 7.89. The van der Waals surface area contributed by atoms with Crippen molar-refractivity contribution in [2.24, 2.45) is 0 Å². The van der Waals surface area contributed by atoms with Gasteiger partial charge >= 0.3 is 5.97 Å². The molecule has 1 aromatic carbocycles. The summed E-state index contributed by atoms with van der Waals surface area (Å²) >= 11 is 5.76. The fraction of sp³-hybridized carbons (Fsp3) is 0.231. The monoisotopic (exact) mass is 343 g/mol. The second-order valence-corrected chi connectivity index (χ2v) is 6.70. The van der Waals surface area contributed by atoms with Crippen LogP contribution in [0.5, 0.6) is 0 Å². The second-order valence-electron chi connectivity index (χ2n) is 4.50. The number of nitrogens with zero attached hydrogens (tertiary/aromatic N) is 2. The molecule has 22 heavy (non-hydrogen) atoms. The standard InChI is InChI=1S/C13H14ClN3O4S/c14-11-7-10(13(18)19)8-12(9-11)22(20,21)16-4-2-6-17-5-1-3-15-17/h1,3,5,7-9,16H,2,4,6H2,(H,18,19). The molecule has 7 nitrogen and oxygen atoms in total. The third-order valence-electron chi connectivity index (χ3n) is 2.84. The fourth-order valence-corrected chi connectivity index (χ4v) is 3.25. The van der Waals surface area contributed by atoms with Crippen molar-refractivity contribution in [1.82, 2.24) is 14.5 Å². The molecule has 0 spiro atoms. The Kier molecular flexibility index (Phi) is 5.17. The van der Waals surface area contributed by atoms with Gasteiger partial charge in [-0.3, -0.25) is 4.68 Å². The van der Waals surface area contributed by atoms with Crippen LogP contribution in [0, 0.1) is 0 Å². The van der Waals surface area contributed by atoms with Crippen molar-refractivity contribution in [1.29, 1.82) is 0 Å². The van der Waals surface area contributed by atoms with Gasteiger partial charge in [0.15, 0.2) is 0 Å². The highest BCUT2D eigenvalue weighted by Crippen LogP contribution is 2.19. The zero-order valence-corrected chi connectivity index (χ0v) is 13.0. The first kappa shape index (κ1) is 16.5. The number of nitrogens with one attached hydrogen (secondary N) is 1. The lowest BCUT2D eigenvalue weighted by Crippen LogP contribution is -2.26. The van der Waals surface area contributed by atoms with Crippen molar-refractivity contribution in [3.63, 3.8) is 0 Å².